The van der Waals surface area contributed by atoms with Gasteiger partial charge in [0.1, 0.15) is 23.4 Å². The van der Waals surface area contributed by atoms with E-state index in [0.717, 1.165) is 16.6 Å². The Hall–Kier alpha value is -2.58. The van der Waals surface area contributed by atoms with Crippen molar-refractivity contribution in [3.05, 3.63) is 52.8 Å². The van der Waals surface area contributed by atoms with Crippen molar-refractivity contribution >= 4 is 18.6 Å². The fraction of sp³-hybridized carbons (Fsp3) is 0.500. The molecular weight excluding hydrogens is 438 g/mol. The lowest BCUT2D eigenvalue weighted by atomic mass is 9.75. The first kappa shape index (κ1) is 23.2. The monoisotopic (exact) mass is 468 g/mol. The molecule has 0 amide bonds. The van der Waals surface area contributed by atoms with Gasteiger partial charge in [0.2, 0.25) is 0 Å². The lowest BCUT2D eigenvalue weighted by Crippen LogP contribution is -2.41. The van der Waals surface area contributed by atoms with Gasteiger partial charge in [-0.05, 0) is 63.7 Å². The summed E-state index contributed by atoms with van der Waals surface area (Å²) in [7, 11) is 0.838. The van der Waals surface area contributed by atoms with E-state index < -0.39 is 24.4 Å². The van der Waals surface area contributed by atoms with Crippen molar-refractivity contribution in [1.29, 1.82) is 0 Å². The van der Waals surface area contributed by atoms with Crippen molar-refractivity contribution in [2.24, 2.45) is 0 Å². The Balaban J connectivity index is 1.37. The molecule has 5 rings (SSSR count). The van der Waals surface area contributed by atoms with E-state index in [2.05, 4.69) is 0 Å². The summed E-state index contributed by atoms with van der Waals surface area (Å²) in [5, 5.41) is 0. The molecule has 1 fully saturated rings. The number of ether oxygens (including phenoxy) is 3. The number of halogens is 1. The molecule has 3 aliphatic rings. The largest absolute Gasteiger partial charge is 0.495 e. The van der Waals surface area contributed by atoms with Gasteiger partial charge in [0, 0.05) is 23.1 Å². The summed E-state index contributed by atoms with van der Waals surface area (Å²) in [6.45, 7) is 8.46. The number of carbonyl (C=O) groups is 1. The average Bonchev–Trinajstić information content (AvgIpc) is 3.43. The van der Waals surface area contributed by atoms with Crippen LogP contribution in [-0.2, 0) is 25.3 Å². The minimum absolute atomic E-state index is 0.0383. The Bertz CT molecular complexity index is 1110. The van der Waals surface area contributed by atoms with Gasteiger partial charge in [-0.1, -0.05) is 12.1 Å². The van der Waals surface area contributed by atoms with E-state index in [-0.39, 0.29) is 24.1 Å². The highest BCUT2D eigenvalue weighted by molar-refractivity contribution is 6.62. The summed E-state index contributed by atoms with van der Waals surface area (Å²) >= 11 is 0. The maximum absolute atomic E-state index is 15.0. The molecule has 6 nitrogen and oxygen atoms in total. The second kappa shape index (κ2) is 8.27. The van der Waals surface area contributed by atoms with Crippen LogP contribution in [0.2, 0.25) is 0 Å². The van der Waals surface area contributed by atoms with E-state index >= 15 is 4.39 Å². The first-order valence-electron chi connectivity index (χ1n) is 11.8. The van der Waals surface area contributed by atoms with E-state index in [1.807, 2.05) is 45.9 Å². The molecule has 0 bridgehead atoms. The predicted molar refractivity (Wildman–Crippen MR) is 125 cm³/mol. The zero-order valence-corrected chi connectivity index (χ0v) is 20.3. The van der Waals surface area contributed by atoms with E-state index in [4.69, 9.17) is 23.5 Å². The van der Waals surface area contributed by atoms with Crippen molar-refractivity contribution in [1.82, 2.24) is 0 Å². The van der Waals surface area contributed by atoms with Crippen LogP contribution in [0.1, 0.15) is 69.2 Å². The topological polar surface area (TPSA) is 63.2 Å². The van der Waals surface area contributed by atoms with Gasteiger partial charge in [-0.2, -0.15) is 0 Å². The Labute approximate surface area is 199 Å². The van der Waals surface area contributed by atoms with Crippen molar-refractivity contribution in [2.45, 2.75) is 70.2 Å². The SMILES string of the molecule is COC(=O)C[C@@H]1COc2cc(O[C@@H]3CCc4c(B5OC(C)(C)C(C)(C)O5)ccc(F)c43)ccc21. The number of hydrogen-bond donors (Lipinski definition) is 0. The second-order valence-corrected chi connectivity index (χ2v) is 10.3. The van der Waals surface area contributed by atoms with Crippen LogP contribution in [0.25, 0.3) is 0 Å². The normalized spacial score (nSPS) is 23.9. The third-order valence-corrected chi connectivity index (χ3v) is 7.61. The van der Waals surface area contributed by atoms with Gasteiger partial charge in [0.05, 0.1) is 31.3 Å². The van der Waals surface area contributed by atoms with Gasteiger partial charge in [0.25, 0.3) is 0 Å². The van der Waals surface area contributed by atoms with Gasteiger partial charge in [-0.25, -0.2) is 4.39 Å². The Morgan fingerprint density at radius 2 is 1.88 bits per heavy atom. The summed E-state index contributed by atoms with van der Waals surface area (Å²) in [6, 6.07) is 8.83. The molecular formula is C26H30BFO6. The third-order valence-electron chi connectivity index (χ3n) is 7.61. The van der Waals surface area contributed by atoms with Crippen molar-refractivity contribution in [3.8, 4) is 11.5 Å². The molecule has 2 aromatic carbocycles. The summed E-state index contributed by atoms with van der Waals surface area (Å²) in [5.41, 5.74) is 2.35. The van der Waals surface area contributed by atoms with E-state index in [1.54, 1.807) is 6.07 Å². The van der Waals surface area contributed by atoms with Crippen LogP contribution in [0, 0.1) is 5.82 Å². The molecule has 2 aromatic rings. The maximum atomic E-state index is 15.0. The fourth-order valence-electron chi connectivity index (χ4n) is 4.96. The number of benzene rings is 2. The van der Waals surface area contributed by atoms with Gasteiger partial charge < -0.3 is 23.5 Å². The summed E-state index contributed by atoms with van der Waals surface area (Å²) in [6.07, 6.45) is 1.20. The highest BCUT2D eigenvalue weighted by Crippen LogP contribution is 2.42. The van der Waals surface area contributed by atoms with Crippen LogP contribution in [0.5, 0.6) is 11.5 Å². The number of carbonyl (C=O) groups excluding carboxylic acids is 1. The minimum Gasteiger partial charge on any atom is -0.492 e. The Kier molecular flexibility index (Phi) is 5.64. The predicted octanol–water partition coefficient (Wildman–Crippen LogP) is 4.23. The molecule has 8 heteroatoms. The standard InChI is InChI=1S/C26H30BFO6/c1-25(2)26(3,4)34-27(33-25)19-9-10-20(28)24-18(19)8-11-21(24)32-16-6-7-17-15(12-23(29)30-5)14-31-22(17)13-16/h6-7,9-10,13,15,21H,8,11-12,14H2,1-5H3/t15-,21-/m1/s1. The number of hydrogen-bond acceptors (Lipinski definition) is 6. The number of esters is 1. The molecule has 0 N–H and O–H groups in total. The van der Waals surface area contributed by atoms with Gasteiger partial charge in [-0.15, -0.1) is 0 Å². The lowest BCUT2D eigenvalue weighted by Gasteiger charge is -2.32. The molecule has 2 aliphatic heterocycles. The molecule has 0 unspecified atom stereocenters. The van der Waals surface area contributed by atoms with Crippen LogP contribution in [0.3, 0.4) is 0 Å². The minimum atomic E-state index is -0.543. The van der Waals surface area contributed by atoms with E-state index in [9.17, 15) is 4.79 Å². The first-order chi connectivity index (χ1) is 16.1. The van der Waals surface area contributed by atoms with Gasteiger partial charge >= 0.3 is 13.1 Å². The molecule has 0 spiro atoms. The van der Waals surface area contributed by atoms with Crippen LogP contribution >= 0.6 is 0 Å². The van der Waals surface area contributed by atoms with E-state index in [0.29, 0.717) is 36.5 Å². The first-order valence-corrected chi connectivity index (χ1v) is 11.8. The van der Waals surface area contributed by atoms with Crippen molar-refractivity contribution in [2.75, 3.05) is 13.7 Å². The highest BCUT2D eigenvalue weighted by Gasteiger charge is 2.52. The highest BCUT2D eigenvalue weighted by atomic mass is 19.1. The van der Waals surface area contributed by atoms with Crippen LogP contribution in [0.4, 0.5) is 4.39 Å². The summed E-state index contributed by atoms with van der Waals surface area (Å²) in [5.74, 6) is 0.710. The second-order valence-electron chi connectivity index (χ2n) is 10.3. The smallest absolute Gasteiger partial charge is 0.492 e. The average molecular weight is 468 g/mol. The molecule has 2 atom stereocenters. The number of rotatable bonds is 5. The van der Waals surface area contributed by atoms with Crippen LogP contribution < -0.4 is 14.9 Å². The third kappa shape index (κ3) is 3.87. The molecule has 1 saturated heterocycles. The Morgan fingerprint density at radius 3 is 2.59 bits per heavy atom. The van der Waals surface area contributed by atoms with Gasteiger partial charge in [0.15, 0.2) is 0 Å². The van der Waals surface area contributed by atoms with Crippen molar-refractivity contribution in [3.63, 3.8) is 0 Å². The molecule has 0 radical (unpaired) electrons. The quantitative estimate of drug-likeness (QED) is 0.484. The fourth-order valence-corrected chi connectivity index (χ4v) is 4.96. The van der Waals surface area contributed by atoms with Gasteiger partial charge in [-0.3, -0.25) is 4.79 Å². The zero-order valence-electron chi connectivity index (χ0n) is 20.3. The van der Waals surface area contributed by atoms with E-state index in [1.165, 1.54) is 13.2 Å². The number of fused-ring (bicyclic) bond motifs is 2. The lowest BCUT2D eigenvalue weighted by molar-refractivity contribution is -0.141. The maximum Gasteiger partial charge on any atom is 0.495 e. The molecule has 0 saturated carbocycles. The van der Waals surface area contributed by atoms with Crippen LogP contribution in [-0.4, -0.2) is 38.0 Å². The Morgan fingerprint density at radius 1 is 1.15 bits per heavy atom. The van der Waals surface area contributed by atoms with Crippen molar-refractivity contribution < 1.29 is 32.7 Å². The molecule has 0 aromatic heterocycles. The molecule has 1 aliphatic carbocycles. The summed E-state index contributed by atoms with van der Waals surface area (Å²) < 4.78 is 44.3. The number of methoxy groups -OCH3 is 1. The zero-order chi connectivity index (χ0) is 24.3. The molecule has 180 valence electrons. The summed E-state index contributed by atoms with van der Waals surface area (Å²) in [4.78, 5) is 11.7. The molecule has 34 heavy (non-hydrogen) atoms. The van der Waals surface area contributed by atoms with Crippen LogP contribution in [0.15, 0.2) is 30.3 Å². The molecule has 2 heterocycles.